The molecule has 0 bridgehead atoms. The second kappa shape index (κ2) is 10.1. The van der Waals surface area contributed by atoms with E-state index in [0.717, 1.165) is 50.0 Å². The number of benzene rings is 1. The number of amides is 1. The van der Waals surface area contributed by atoms with E-state index in [-0.39, 0.29) is 12.0 Å². The molecule has 1 fully saturated rings. The number of carbonyl (C=O) groups is 1. The quantitative estimate of drug-likeness (QED) is 0.729. The Balaban J connectivity index is 1.52. The molecule has 7 nitrogen and oxygen atoms in total. The highest BCUT2D eigenvalue weighted by atomic mass is 16.5. The standard InChI is InChI=1S/C21H28N4O3/c1-16(2)28-19-5-3-17(4-6-19)24-18-7-8-22-20(15-18)21(26)23-9-10-25-11-13-27-14-12-25/h3-8,15-16H,9-14H2,1-2H3,(H,22,24)(H,23,26). The average Bonchev–Trinajstić information content (AvgIpc) is 2.70. The summed E-state index contributed by atoms with van der Waals surface area (Å²) in [7, 11) is 0. The first-order valence-corrected chi connectivity index (χ1v) is 9.68. The Labute approximate surface area is 166 Å². The maximum absolute atomic E-state index is 12.4. The summed E-state index contributed by atoms with van der Waals surface area (Å²) in [4.78, 5) is 18.8. The molecule has 2 N–H and O–H groups in total. The number of aromatic nitrogens is 1. The second-order valence-electron chi connectivity index (χ2n) is 6.96. The van der Waals surface area contributed by atoms with Crippen LogP contribution in [0.5, 0.6) is 5.75 Å². The van der Waals surface area contributed by atoms with E-state index in [9.17, 15) is 4.79 Å². The Bertz CT molecular complexity index is 759. The Hall–Kier alpha value is -2.64. The minimum atomic E-state index is -0.169. The van der Waals surface area contributed by atoms with Gasteiger partial charge in [0.05, 0.1) is 19.3 Å². The van der Waals surface area contributed by atoms with Crippen molar-refractivity contribution in [2.24, 2.45) is 0 Å². The topological polar surface area (TPSA) is 75.7 Å². The van der Waals surface area contributed by atoms with E-state index in [1.807, 2.05) is 44.2 Å². The van der Waals surface area contributed by atoms with Crippen molar-refractivity contribution in [3.63, 3.8) is 0 Å². The van der Waals surface area contributed by atoms with Crippen LogP contribution in [0.1, 0.15) is 24.3 Å². The minimum Gasteiger partial charge on any atom is -0.491 e. The molecule has 1 saturated heterocycles. The molecular formula is C21H28N4O3. The van der Waals surface area contributed by atoms with E-state index in [2.05, 4.69) is 20.5 Å². The fraction of sp³-hybridized carbons (Fsp3) is 0.429. The zero-order chi connectivity index (χ0) is 19.8. The highest BCUT2D eigenvalue weighted by molar-refractivity contribution is 5.93. The van der Waals surface area contributed by atoms with Gasteiger partial charge in [0.25, 0.3) is 5.91 Å². The lowest BCUT2D eigenvalue weighted by Crippen LogP contribution is -2.41. The van der Waals surface area contributed by atoms with Crippen molar-refractivity contribution in [3.05, 3.63) is 48.3 Å². The van der Waals surface area contributed by atoms with Crippen LogP contribution >= 0.6 is 0 Å². The third-order valence-electron chi connectivity index (χ3n) is 4.32. The molecule has 1 aromatic carbocycles. The predicted octanol–water partition coefficient (Wildman–Crippen LogP) is 2.67. The van der Waals surface area contributed by atoms with Crippen molar-refractivity contribution in [2.45, 2.75) is 20.0 Å². The van der Waals surface area contributed by atoms with Crippen LogP contribution in [0.15, 0.2) is 42.6 Å². The van der Waals surface area contributed by atoms with E-state index >= 15 is 0 Å². The Morgan fingerprint density at radius 1 is 1.18 bits per heavy atom. The molecular weight excluding hydrogens is 356 g/mol. The number of rotatable bonds is 8. The fourth-order valence-electron chi connectivity index (χ4n) is 2.93. The first kappa shape index (κ1) is 20.1. The molecule has 150 valence electrons. The molecule has 7 heteroatoms. The van der Waals surface area contributed by atoms with Crippen molar-refractivity contribution >= 4 is 17.3 Å². The normalized spacial score (nSPS) is 14.7. The maximum Gasteiger partial charge on any atom is 0.269 e. The maximum atomic E-state index is 12.4. The number of morpholine rings is 1. The van der Waals surface area contributed by atoms with Gasteiger partial charge in [0.1, 0.15) is 11.4 Å². The molecule has 2 aromatic rings. The summed E-state index contributed by atoms with van der Waals surface area (Å²) in [6.07, 6.45) is 1.78. The van der Waals surface area contributed by atoms with Gasteiger partial charge in [0.2, 0.25) is 0 Å². The van der Waals surface area contributed by atoms with Crippen LogP contribution in [0.3, 0.4) is 0 Å². The number of nitrogens with one attached hydrogen (secondary N) is 2. The molecule has 1 amide bonds. The van der Waals surface area contributed by atoms with Gasteiger partial charge in [-0.2, -0.15) is 0 Å². The van der Waals surface area contributed by atoms with Gasteiger partial charge in [0.15, 0.2) is 0 Å². The second-order valence-corrected chi connectivity index (χ2v) is 6.96. The van der Waals surface area contributed by atoms with Crippen LogP contribution in [-0.4, -0.2) is 61.3 Å². The van der Waals surface area contributed by atoms with Gasteiger partial charge in [-0.1, -0.05) is 0 Å². The Morgan fingerprint density at radius 3 is 2.64 bits per heavy atom. The Morgan fingerprint density at radius 2 is 1.93 bits per heavy atom. The number of hydrogen-bond acceptors (Lipinski definition) is 6. The van der Waals surface area contributed by atoms with Gasteiger partial charge in [0, 0.05) is 43.8 Å². The van der Waals surface area contributed by atoms with Gasteiger partial charge in [-0.3, -0.25) is 14.7 Å². The lowest BCUT2D eigenvalue weighted by atomic mass is 10.2. The number of nitrogens with zero attached hydrogens (tertiary/aromatic N) is 2. The lowest BCUT2D eigenvalue weighted by molar-refractivity contribution is 0.0383. The van der Waals surface area contributed by atoms with E-state index in [4.69, 9.17) is 9.47 Å². The lowest BCUT2D eigenvalue weighted by Gasteiger charge is -2.26. The summed E-state index contributed by atoms with van der Waals surface area (Å²) < 4.78 is 11.0. The van der Waals surface area contributed by atoms with Crippen LogP contribution in [0.25, 0.3) is 0 Å². The molecule has 0 radical (unpaired) electrons. The summed E-state index contributed by atoms with van der Waals surface area (Å²) in [5.74, 6) is 0.660. The zero-order valence-electron chi connectivity index (χ0n) is 16.5. The van der Waals surface area contributed by atoms with E-state index in [1.54, 1.807) is 12.3 Å². The van der Waals surface area contributed by atoms with Crippen LogP contribution in [-0.2, 0) is 4.74 Å². The molecule has 1 aromatic heterocycles. The van der Waals surface area contributed by atoms with Crippen molar-refractivity contribution in [1.29, 1.82) is 0 Å². The molecule has 2 heterocycles. The summed E-state index contributed by atoms with van der Waals surface area (Å²) in [6.45, 7) is 8.74. The van der Waals surface area contributed by atoms with Crippen LogP contribution in [0, 0.1) is 0 Å². The van der Waals surface area contributed by atoms with Crippen molar-refractivity contribution < 1.29 is 14.3 Å². The van der Waals surface area contributed by atoms with Crippen molar-refractivity contribution in [2.75, 3.05) is 44.7 Å². The van der Waals surface area contributed by atoms with Gasteiger partial charge in [-0.05, 0) is 50.2 Å². The Kier molecular flexibility index (Phi) is 7.22. The number of carbonyl (C=O) groups excluding carboxylic acids is 1. The fourth-order valence-corrected chi connectivity index (χ4v) is 2.93. The van der Waals surface area contributed by atoms with Crippen molar-refractivity contribution in [1.82, 2.24) is 15.2 Å². The summed E-state index contributed by atoms with van der Waals surface area (Å²) >= 11 is 0. The first-order valence-electron chi connectivity index (χ1n) is 9.68. The third-order valence-corrected chi connectivity index (χ3v) is 4.32. The number of pyridine rings is 1. The number of ether oxygens (including phenoxy) is 2. The molecule has 1 aliphatic rings. The molecule has 0 unspecified atom stereocenters. The minimum absolute atomic E-state index is 0.142. The largest absolute Gasteiger partial charge is 0.491 e. The van der Waals surface area contributed by atoms with Gasteiger partial charge >= 0.3 is 0 Å². The van der Waals surface area contributed by atoms with Gasteiger partial charge in [-0.25, -0.2) is 0 Å². The van der Waals surface area contributed by atoms with Crippen LogP contribution in [0.2, 0.25) is 0 Å². The van der Waals surface area contributed by atoms with Gasteiger partial charge in [-0.15, -0.1) is 0 Å². The predicted molar refractivity (Wildman–Crippen MR) is 109 cm³/mol. The monoisotopic (exact) mass is 384 g/mol. The number of hydrogen-bond donors (Lipinski definition) is 2. The third kappa shape index (κ3) is 6.21. The highest BCUT2D eigenvalue weighted by Crippen LogP contribution is 2.21. The molecule has 1 aliphatic heterocycles. The van der Waals surface area contributed by atoms with Crippen molar-refractivity contribution in [3.8, 4) is 5.75 Å². The summed E-state index contributed by atoms with van der Waals surface area (Å²) in [5.41, 5.74) is 2.12. The highest BCUT2D eigenvalue weighted by Gasteiger charge is 2.12. The molecule has 0 atom stereocenters. The van der Waals surface area contributed by atoms with E-state index in [0.29, 0.717) is 12.2 Å². The van der Waals surface area contributed by atoms with Gasteiger partial charge < -0.3 is 20.1 Å². The van der Waals surface area contributed by atoms with Crippen LogP contribution < -0.4 is 15.4 Å². The smallest absolute Gasteiger partial charge is 0.269 e. The summed E-state index contributed by atoms with van der Waals surface area (Å²) in [5, 5.41) is 6.22. The molecule has 0 aliphatic carbocycles. The molecule has 0 spiro atoms. The molecule has 28 heavy (non-hydrogen) atoms. The summed E-state index contributed by atoms with van der Waals surface area (Å²) in [6, 6.07) is 11.3. The first-order chi connectivity index (χ1) is 13.6. The SMILES string of the molecule is CC(C)Oc1ccc(Nc2ccnc(C(=O)NCCN3CCOCC3)c2)cc1. The average molecular weight is 384 g/mol. The molecule has 3 rings (SSSR count). The van der Waals surface area contributed by atoms with E-state index in [1.165, 1.54) is 0 Å². The van der Waals surface area contributed by atoms with E-state index < -0.39 is 0 Å². The molecule has 0 saturated carbocycles. The number of anilines is 2. The van der Waals surface area contributed by atoms with Crippen LogP contribution in [0.4, 0.5) is 11.4 Å². The zero-order valence-corrected chi connectivity index (χ0v) is 16.5.